The highest BCUT2D eigenvalue weighted by Gasteiger charge is 2.00. The van der Waals surface area contributed by atoms with Crippen LogP contribution < -0.4 is 0 Å². The molecule has 4 nitrogen and oxygen atoms in total. The number of nitrogens with zero attached hydrogens (tertiary/aromatic N) is 4. The van der Waals surface area contributed by atoms with Crippen LogP contribution in [0.4, 0.5) is 4.39 Å². The molecule has 0 saturated heterocycles. The van der Waals surface area contributed by atoms with Gasteiger partial charge in [0.1, 0.15) is 0 Å². The second-order valence-corrected chi connectivity index (χ2v) is 2.62. The van der Waals surface area contributed by atoms with E-state index >= 15 is 0 Å². The summed E-state index contributed by atoms with van der Waals surface area (Å²) in [6.45, 7) is 1.81. The predicted molar refractivity (Wildman–Crippen MR) is 43.8 cm³/mol. The molecule has 5 heteroatoms. The van der Waals surface area contributed by atoms with Crippen molar-refractivity contribution in [3.63, 3.8) is 0 Å². The molecule has 2 rings (SSSR count). The van der Waals surface area contributed by atoms with Crippen LogP contribution in [0.25, 0.3) is 5.82 Å². The first-order valence-electron chi connectivity index (χ1n) is 3.77. The Morgan fingerprint density at radius 3 is 2.85 bits per heavy atom. The molecule has 0 N–H and O–H groups in total. The van der Waals surface area contributed by atoms with Crippen LogP contribution in [-0.2, 0) is 0 Å². The summed E-state index contributed by atoms with van der Waals surface area (Å²) in [5.41, 5.74) is 0.770. The van der Waals surface area contributed by atoms with Gasteiger partial charge in [-0.15, -0.1) is 5.10 Å². The number of hydrogen-bond acceptors (Lipinski definition) is 3. The number of hydrogen-bond donors (Lipinski definition) is 0. The molecule has 0 atom stereocenters. The minimum atomic E-state index is -0.523. The van der Waals surface area contributed by atoms with E-state index in [0.29, 0.717) is 5.82 Å². The van der Waals surface area contributed by atoms with Crippen LogP contribution in [0.1, 0.15) is 5.69 Å². The fraction of sp³-hybridized carbons (Fsp3) is 0.125. The molecule has 0 fully saturated rings. The summed E-state index contributed by atoms with van der Waals surface area (Å²) < 4.78 is 14.1. The van der Waals surface area contributed by atoms with E-state index in [9.17, 15) is 4.39 Å². The Labute approximate surface area is 74.0 Å². The topological polar surface area (TPSA) is 43.6 Å². The van der Waals surface area contributed by atoms with Gasteiger partial charge in [-0.3, -0.25) is 0 Å². The lowest BCUT2D eigenvalue weighted by molar-refractivity contribution is 0.576. The summed E-state index contributed by atoms with van der Waals surface area (Å²) in [6, 6.07) is 4.53. The van der Waals surface area contributed by atoms with Gasteiger partial charge in [0.15, 0.2) is 5.82 Å². The minimum Gasteiger partial charge on any atom is -0.202 e. The zero-order chi connectivity index (χ0) is 9.26. The monoisotopic (exact) mass is 178 g/mol. The van der Waals surface area contributed by atoms with E-state index in [1.807, 2.05) is 6.92 Å². The van der Waals surface area contributed by atoms with Crippen molar-refractivity contribution >= 4 is 0 Å². The Bertz CT molecular complexity index is 424. The van der Waals surface area contributed by atoms with Gasteiger partial charge in [-0.1, -0.05) is 11.3 Å². The number of pyridine rings is 1. The maximum Gasteiger partial charge on any atom is 0.214 e. The molecular weight excluding hydrogens is 171 g/mol. The lowest BCUT2D eigenvalue weighted by atomic mass is 10.4. The van der Waals surface area contributed by atoms with E-state index in [2.05, 4.69) is 15.3 Å². The standard InChI is InChI=1S/C8H7FN4/c1-6-5-13(12-11-6)8-4-2-3-7(9)10-8/h2-5H,1H3. The second-order valence-electron chi connectivity index (χ2n) is 2.62. The van der Waals surface area contributed by atoms with Gasteiger partial charge in [0, 0.05) is 0 Å². The Morgan fingerprint density at radius 2 is 2.23 bits per heavy atom. The van der Waals surface area contributed by atoms with E-state index in [0.717, 1.165) is 5.69 Å². The number of halogens is 1. The van der Waals surface area contributed by atoms with Crippen LogP contribution in [0, 0.1) is 12.9 Å². The van der Waals surface area contributed by atoms with Crippen molar-refractivity contribution in [2.24, 2.45) is 0 Å². The van der Waals surface area contributed by atoms with Gasteiger partial charge < -0.3 is 0 Å². The lowest BCUT2D eigenvalue weighted by Gasteiger charge is -1.96. The fourth-order valence-electron chi connectivity index (χ4n) is 0.984. The quantitative estimate of drug-likeness (QED) is 0.614. The molecule has 0 aliphatic heterocycles. The zero-order valence-electron chi connectivity index (χ0n) is 6.98. The van der Waals surface area contributed by atoms with Gasteiger partial charge in [0.25, 0.3) is 0 Å². The molecule has 0 saturated carbocycles. The lowest BCUT2D eigenvalue weighted by Crippen LogP contribution is -1.99. The number of aromatic nitrogens is 4. The first-order valence-corrected chi connectivity index (χ1v) is 3.77. The van der Waals surface area contributed by atoms with Crippen molar-refractivity contribution in [1.29, 1.82) is 0 Å². The van der Waals surface area contributed by atoms with Crippen molar-refractivity contribution < 1.29 is 4.39 Å². The van der Waals surface area contributed by atoms with Crippen molar-refractivity contribution in [3.05, 3.63) is 36.0 Å². The normalized spacial score (nSPS) is 10.3. The highest BCUT2D eigenvalue weighted by Crippen LogP contribution is 2.03. The Kier molecular flexibility index (Phi) is 1.77. The van der Waals surface area contributed by atoms with Crippen LogP contribution in [0.5, 0.6) is 0 Å². The van der Waals surface area contributed by atoms with Crippen molar-refractivity contribution in [2.75, 3.05) is 0 Å². The molecule has 13 heavy (non-hydrogen) atoms. The van der Waals surface area contributed by atoms with E-state index in [1.165, 1.54) is 10.7 Å². The van der Waals surface area contributed by atoms with Gasteiger partial charge in [0.05, 0.1) is 11.9 Å². The maximum absolute atomic E-state index is 12.7. The fourth-order valence-corrected chi connectivity index (χ4v) is 0.984. The Balaban J connectivity index is 2.46. The Morgan fingerprint density at radius 1 is 1.38 bits per heavy atom. The number of rotatable bonds is 1. The van der Waals surface area contributed by atoms with Crippen molar-refractivity contribution in [2.45, 2.75) is 6.92 Å². The molecule has 2 heterocycles. The Hall–Kier alpha value is -1.78. The summed E-state index contributed by atoms with van der Waals surface area (Å²) in [6.07, 6.45) is 1.68. The molecule has 0 amide bonds. The largest absolute Gasteiger partial charge is 0.214 e. The summed E-state index contributed by atoms with van der Waals surface area (Å²) in [7, 11) is 0. The molecule has 0 unspecified atom stereocenters. The zero-order valence-corrected chi connectivity index (χ0v) is 6.98. The van der Waals surface area contributed by atoms with Gasteiger partial charge >= 0.3 is 0 Å². The first kappa shape index (κ1) is 7.85. The summed E-state index contributed by atoms with van der Waals surface area (Å²) in [4.78, 5) is 3.65. The highest BCUT2D eigenvalue weighted by atomic mass is 19.1. The maximum atomic E-state index is 12.7. The van der Waals surface area contributed by atoms with Crippen LogP contribution in [0.3, 0.4) is 0 Å². The molecule has 0 radical (unpaired) electrons. The molecule has 2 aromatic rings. The summed E-state index contributed by atoms with van der Waals surface area (Å²) >= 11 is 0. The second kappa shape index (κ2) is 2.93. The van der Waals surface area contributed by atoms with Crippen LogP contribution >= 0.6 is 0 Å². The molecule has 66 valence electrons. The third-order valence-corrected chi connectivity index (χ3v) is 1.54. The van der Waals surface area contributed by atoms with Gasteiger partial charge in [-0.05, 0) is 19.1 Å². The molecule has 0 bridgehead atoms. The van der Waals surface area contributed by atoms with E-state index in [-0.39, 0.29) is 0 Å². The molecular formula is C8H7FN4. The molecule has 0 aliphatic carbocycles. The van der Waals surface area contributed by atoms with Crippen LogP contribution in [0.2, 0.25) is 0 Å². The first-order chi connectivity index (χ1) is 6.25. The molecule has 0 spiro atoms. The predicted octanol–water partition coefficient (Wildman–Crippen LogP) is 1.11. The molecule has 2 aromatic heterocycles. The van der Waals surface area contributed by atoms with Crippen LogP contribution in [0.15, 0.2) is 24.4 Å². The SMILES string of the molecule is Cc1cn(-c2cccc(F)n2)nn1. The molecule has 0 aromatic carbocycles. The average molecular weight is 178 g/mol. The number of aryl methyl sites for hydroxylation is 1. The van der Waals surface area contributed by atoms with E-state index in [4.69, 9.17) is 0 Å². The summed E-state index contributed by atoms with van der Waals surface area (Å²) in [5, 5.41) is 7.54. The van der Waals surface area contributed by atoms with E-state index < -0.39 is 5.95 Å². The van der Waals surface area contributed by atoms with E-state index in [1.54, 1.807) is 18.3 Å². The average Bonchev–Trinajstić information content (AvgIpc) is 2.52. The summed E-state index contributed by atoms with van der Waals surface area (Å²) in [5.74, 6) is -0.0914. The van der Waals surface area contributed by atoms with Crippen molar-refractivity contribution in [3.8, 4) is 5.82 Å². The third-order valence-electron chi connectivity index (χ3n) is 1.54. The van der Waals surface area contributed by atoms with Gasteiger partial charge in [0.2, 0.25) is 5.95 Å². The van der Waals surface area contributed by atoms with Crippen LogP contribution in [-0.4, -0.2) is 20.0 Å². The third kappa shape index (κ3) is 1.53. The van der Waals surface area contributed by atoms with Gasteiger partial charge in [-0.2, -0.15) is 4.39 Å². The minimum absolute atomic E-state index is 0.431. The molecule has 0 aliphatic rings. The highest BCUT2D eigenvalue weighted by molar-refractivity contribution is 5.20. The van der Waals surface area contributed by atoms with Crippen molar-refractivity contribution in [1.82, 2.24) is 20.0 Å². The van der Waals surface area contributed by atoms with Gasteiger partial charge in [-0.25, -0.2) is 9.67 Å². The smallest absolute Gasteiger partial charge is 0.202 e.